The minimum Gasteiger partial charge on any atom is -0.490 e. The molecule has 0 aromatic heterocycles. The van der Waals surface area contributed by atoms with Crippen molar-refractivity contribution in [3.63, 3.8) is 0 Å². The predicted octanol–water partition coefficient (Wildman–Crippen LogP) is 4.16. The average Bonchev–Trinajstić information content (AvgIpc) is 2.86. The number of rotatable bonds is 10. The van der Waals surface area contributed by atoms with E-state index in [-0.39, 0.29) is 48.2 Å². The number of carbonyl (C=O) groups is 2. The number of aryl methyl sites for hydroxylation is 1. The van der Waals surface area contributed by atoms with Crippen molar-refractivity contribution >= 4 is 17.5 Å². The van der Waals surface area contributed by atoms with Crippen molar-refractivity contribution in [1.82, 2.24) is 10.2 Å². The van der Waals surface area contributed by atoms with Crippen LogP contribution >= 0.6 is 0 Å². The van der Waals surface area contributed by atoms with Gasteiger partial charge in [-0.05, 0) is 43.9 Å². The first kappa shape index (κ1) is 26.0. The number of nitro groups is 1. The molecule has 1 aliphatic rings. The number of amides is 2. The molecular weight excluding hydrogens is 450 g/mol. The summed E-state index contributed by atoms with van der Waals surface area (Å²) in [4.78, 5) is 38.4. The smallest absolute Gasteiger partial charge is 0.311 e. The summed E-state index contributed by atoms with van der Waals surface area (Å²) >= 11 is 0. The Morgan fingerprint density at radius 2 is 1.89 bits per heavy atom. The summed E-state index contributed by atoms with van der Waals surface area (Å²) in [7, 11) is 1.33. The monoisotopic (exact) mass is 483 g/mol. The highest BCUT2D eigenvalue weighted by molar-refractivity contribution is 5.88. The molecular formula is C26H33N3O6. The summed E-state index contributed by atoms with van der Waals surface area (Å²) in [6.45, 7) is 3.62. The zero-order valence-electron chi connectivity index (χ0n) is 20.5. The highest BCUT2D eigenvalue weighted by Crippen LogP contribution is 2.30. The van der Waals surface area contributed by atoms with Crippen molar-refractivity contribution in [3.05, 3.63) is 63.7 Å². The summed E-state index contributed by atoms with van der Waals surface area (Å²) in [6.07, 6.45) is 5.28. The molecule has 0 spiro atoms. The molecule has 0 bridgehead atoms. The van der Waals surface area contributed by atoms with E-state index in [0.717, 1.165) is 36.8 Å². The third-order valence-electron chi connectivity index (χ3n) is 6.43. The number of carbonyl (C=O) groups excluding carboxylic acids is 2. The normalized spacial score (nSPS) is 14.6. The van der Waals surface area contributed by atoms with Crippen LogP contribution in [0.25, 0.3) is 0 Å². The van der Waals surface area contributed by atoms with E-state index in [1.165, 1.54) is 36.6 Å². The van der Waals surface area contributed by atoms with Crippen molar-refractivity contribution in [3.8, 4) is 11.5 Å². The number of hydrogen-bond donors (Lipinski definition) is 1. The number of nitrogens with zero attached hydrogens (tertiary/aromatic N) is 2. The second kappa shape index (κ2) is 12.2. The minimum atomic E-state index is -0.695. The summed E-state index contributed by atoms with van der Waals surface area (Å²) < 4.78 is 10.7. The number of nitrogens with one attached hydrogen (secondary N) is 1. The Labute approximate surface area is 205 Å². The maximum Gasteiger partial charge on any atom is 0.311 e. The van der Waals surface area contributed by atoms with Gasteiger partial charge in [-0.25, -0.2) is 0 Å². The third kappa shape index (κ3) is 6.94. The molecule has 0 unspecified atom stereocenters. The molecule has 188 valence electrons. The fourth-order valence-corrected chi connectivity index (χ4v) is 4.25. The molecule has 0 aliphatic heterocycles. The molecule has 1 saturated carbocycles. The molecule has 9 heteroatoms. The molecule has 2 aromatic carbocycles. The van der Waals surface area contributed by atoms with Gasteiger partial charge < -0.3 is 19.7 Å². The van der Waals surface area contributed by atoms with Gasteiger partial charge in [-0.2, -0.15) is 0 Å². The zero-order valence-corrected chi connectivity index (χ0v) is 20.5. The Hall–Kier alpha value is -3.62. The number of nitro benzene ring substituents is 1. The molecule has 3 rings (SSSR count). The van der Waals surface area contributed by atoms with Gasteiger partial charge in [0, 0.05) is 24.7 Å². The van der Waals surface area contributed by atoms with Gasteiger partial charge in [-0.3, -0.25) is 19.7 Å². The average molecular weight is 484 g/mol. The largest absolute Gasteiger partial charge is 0.490 e. The first-order chi connectivity index (χ1) is 16.8. The molecule has 1 aliphatic carbocycles. The van der Waals surface area contributed by atoms with Crippen molar-refractivity contribution in [2.75, 3.05) is 13.7 Å². The van der Waals surface area contributed by atoms with E-state index in [9.17, 15) is 19.7 Å². The Balaban J connectivity index is 1.74. The van der Waals surface area contributed by atoms with Gasteiger partial charge in [0.1, 0.15) is 11.8 Å². The van der Waals surface area contributed by atoms with Crippen LogP contribution in [-0.2, 0) is 16.1 Å². The van der Waals surface area contributed by atoms with E-state index in [4.69, 9.17) is 9.47 Å². The van der Waals surface area contributed by atoms with E-state index in [1.54, 1.807) is 6.92 Å². The molecule has 35 heavy (non-hydrogen) atoms. The molecule has 0 saturated heterocycles. The lowest BCUT2D eigenvalue weighted by Gasteiger charge is -2.31. The summed E-state index contributed by atoms with van der Waals surface area (Å²) in [6, 6.07) is 11.2. The van der Waals surface area contributed by atoms with Gasteiger partial charge in [-0.15, -0.1) is 0 Å². The molecule has 1 fully saturated rings. The van der Waals surface area contributed by atoms with Gasteiger partial charge in [0.2, 0.25) is 11.7 Å². The molecule has 0 radical (unpaired) electrons. The van der Waals surface area contributed by atoms with Crippen molar-refractivity contribution < 1.29 is 24.0 Å². The Bertz CT molecular complexity index is 1050. The first-order valence-electron chi connectivity index (χ1n) is 11.9. The van der Waals surface area contributed by atoms with Gasteiger partial charge in [0.15, 0.2) is 6.61 Å². The van der Waals surface area contributed by atoms with E-state index < -0.39 is 11.0 Å². The first-order valence-corrected chi connectivity index (χ1v) is 11.9. The van der Waals surface area contributed by atoms with Crippen molar-refractivity contribution in [2.45, 2.75) is 64.6 Å². The third-order valence-corrected chi connectivity index (χ3v) is 6.43. The maximum atomic E-state index is 13.3. The van der Waals surface area contributed by atoms with Gasteiger partial charge >= 0.3 is 5.69 Å². The molecule has 0 heterocycles. The second-order valence-corrected chi connectivity index (χ2v) is 8.85. The molecule has 2 aromatic rings. The summed E-state index contributed by atoms with van der Waals surface area (Å²) in [5, 5.41) is 14.2. The fourth-order valence-electron chi connectivity index (χ4n) is 4.25. The van der Waals surface area contributed by atoms with E-state index in [1.807, 2.05) is 31.2 Å². The van der Waals surface area contributed by atoms with Crippen LogP contribution < -0.4 is 14.8 Å². The van der Waals surface area contributed by atoms with Crippen LogP contribution in [0.3, 0.4) is 0 Å². The van der Waals surface area contributed by atoms with E-state index in [2.05, 4.69) is 5.32 Å². The van der Waals surface area contributed by atoms with E-state index in [0.29, 0.717) is 0 Å². The van der Waals surface area contributed by atoms with Crippen LogP contribution in [0.4, 0.5) is 5.69 Å². The quantitative estimate of drug-likeness (QED) is 0.401. The lowest BCUT2D eigenvalue weighted by Crippen LogP contribution is -2.51. The predicted molar refractivity (Wildman–Crippen MR) is 131 cm³/mol. The van der Waals surface area contributed by atoms with Crippen LogP contribution in [0, 0.1) is 17.0 Å². The molecule has 9 nitrogen and oxygen atoms in total. The lowest BCUT2D eigenvalue weighted by molar-refractivity contribution is -0.385. The molecule has 1 atom stereocenters. The number of hydrogen-bond acceptors (Lipinski definition) is 6. The lowest BCUT2D eigenvalue weighted by atomic mass is 9.95. The molecule has 1 N–H and O–H groups in total. The summed E-state index contributed by atoms with van der Waals surface area (Å²) in [5.41, 5.74) is 1.77. The Morgan fingerprint density at radius 3 is 2.54 bits per heavy atom. The zero-order chi connectivity index (χ0) is 25.4. The Kier molecular flexibility index (Phi) is 9.05. The van der Waals surface area contributed by atoms with E-state index >= 15 is 0 Å². The van der Waals surface area contributed by atoms with Crippen LogP contribution in [0.1, 0.15) is 50.2 Å². The van der Waals surface area contributed by atoms with Crippen LogP contribution in [0.5, 0.6) is 11.5 Å². The van der Waals surface area contributed by atoms with Gasteiger partial charge in [0.25, 0.3) is 5.91 Å². The number of benzene rings is 2. The van der Waals surface area contributed by atoms with Crippen LogP contribution in [0.2, 0.25) is 0 Å². The SMILES string of the molecule is COc1cc(OCC(=O)N(Cc2ccccc2C)[C@@H](C)C(=O)NC2CCCCC2)ccc1[N+](=O)[O-]. The Morgan fingerprint density at radius 1 is 1.17 bits per heavy atom. The van der Waals surface area contributed by atoms with Gasteiger partial charge in [-0.1, -0.05) is 43.5 Å². The molecule has 2 amide bonds. The minimum absolute atomic E-state index is 0.0388. The number of ether oxygens (including phenoxy) is 2. The van der Waals surface area contributed by atoms with Crippen molar-refractivity contribution in [1.29, 1.82) is 0 Å². The fraction of sp³-hybridized carbons (Fsp3) is 0.462. The standard InChI is InChI=1S/C26H33N3O6/c1-18-9-7-8-10-20(18)16-28(19(2)26(31)27-21-11-5-4-6-12-21)25(30)17-35-22-13-14-23(29(32)33)24(15-22)34-3/h7-10,13-15,19,21H,4-6,11-12,16-17H2,1-3H3,(H,27,31)/t19-/m0/s1. The van der Waals surface area contributed by atoms with Crippen LogP contribution in [0.15, 0.2) is 42.5 Å². The highest BCUT2D eigenvalue weighted by Gasteiger charge is 2.29. The van der Waals surface area contributed by atoms with Gasteiger partial charge in [0.05, 0.1) is 12.0 Å². The van der Waals surface area contributed by atoms with Crippen LogP contribution in [-0.4, -0.2) is 47.4 Å². The highest BCUT2D eigenvalue weighted by atomic mass is 16.6. The second-order valence-electron chi connectivity index (χ2n) is 8.85. The summed E-state index contributed by atoms with van der Waals surface area (Å²) in [5.74, 6) is -0.249. The maximum absolute atomic E-state index is 13.3. The van der Waals surface area contributed by atoms with Crippen molar-refractivity contribution in [2.24, 2.45) is 0 Å². The number of methoxy groups -OCH3 is 1. The topological polar surface area (TPSA) is 111 Å².